The van der Waals surface area contributed by atoms with E-state index >= 15 is 0 Å². The lowest BCUT2D eigenvalue weighted by Crippen LogP contribution is -2.34. The summed E-state index contributed by atoms with van der Waals surface area (Å²) in [5, 5.41) is 2.74. The molecular weight excluding hydrogens is 451 g/mol. The van der Waals surface area contributed by atoms with Gasteiger partial charge in [0.15, 0.2) is 0 Å². The summed E-state index contributed by atoms with van der Waals surface area (Å²) < 4.78 is 40.8. The van der Waals surface area contributed by atoms with Gasteiger partial charge in [-0.1, -0.05) is 54.6 Å². The molecular formula is C28H26F3N3O. The maximum atomic E-state index is 13.2. The van der Waals surface area contributed by atoms with E-state index in [9.17, 15) is 18.0 Å². The third-order valence-electron chi connectivity index (χ3n) is 5.85. The van der Waals surface area contributed by atoms with Gasteiger partial charge in [-0.15, -0.1) is 0 Å². The minimum atomic E-state index is -4.43. The highest BCUT2D eigenvalue weighted by atomic mass is 19.4. The quantitative estimate of drug-likeness (QED) is 0.303. The van der Waals surface area contributed by atoms with Crippen LogP contribution in [-0.2, 0) is 25.8 Å². The van der Waals surface area contributed by atoms with Crippen molar-refractivity contribution in [3.8, 4) is 0 Å². The number of carbonyl (C=O) groups excluding carboxylic acids is 1. The van der Waals surface area contributed by atoms with Gasteiger partial charge in [-0.05, 0) is 60.0 Å². The number of aromatic nitrogens is 1. The van der Waals surface area contributed by atoms with Gasteiger partial charge in [0.25, 0.3) is 0 Å². The highest BCUT2D eigenvalue weighted by molar-refractivity contribution is 5.89. The molecule has 0 aliphatic rings. The van der Waals surface area contributed by atoms with Crippen LogP contribution in [0.5, 0.6) is 0 Å². The van der Waals surface area contributed by atoms with Crippen molar-refractivity contribution in [2.24, 2.45) is 0 Å². The Bertz CT molecular complexity index is 1260. The molecule has 3 aromatic carbocycles. The van der Waals surface area contributed by atoms with E-state index in [1.165, 1.54) is 23.3 Å². The number of hydrogen-bond donors (Lipinski definition) is 1. The number of rotatable bonds is 7. The molecule has 0 aliphatic heterocycles. The molecule has 0 fully saturated rings. The van der Waals surface area contributed by atoms with Gasteiger partial charge >= 0.3 is 12.2 Å². The van der Waals surface area contributed by atoms with Crippen molar-refractivity contribution in [3.63, 3.8) is 0 Å². The Labute approximate surface area is 202 Å². The highest BCUT2D eigenvalue weighted by Crippen LogP contribution is 2.30. The number of anilines is 1. The van der Waals surface area contributed by atoms with E-state index in [4.69, 9.17) is 0 Å². The molecule has 1 N–H and O–H groups in total. The van der Waals surface area contributed by atoms with E-state index in [0.717, 1.165) is 23.4 Å². The fraction of sp³-hybridized carbons (Fsp3) is 0.179. The second-order valence-corrected chi connectivity index (χ2v) is 8.40. The summed E-state index contributed by atoms with van der Waals surface area (Å²) in [6.45, 7) is 3.43. The lowest BCUT2D eigenvalue weighted by atomic mass is 10.1. The number of nitrogens with zero attached hydrogens (tertiary/aromatic N) is 2. The van der Waals surface area contributed by atoms with Gasteiger partial charge < -0.3 is 14.8 Å². The maximum Gasteiger partial charge on any atom is 0.416 e. The number of nitrogens with one attached hydrogen (secondary N) is 1. The van der Waals surface area contributed by atoms with Gasteiger partial charge in [-0.2, -0.15) is 13.2 Å². The third-order valence-corrected chi connectivity index (χ3v) is 5.85. The number of alkyl halides is 3. The van der Waals surface area contributed by atoms with Gasteiger partial charge in [-0.25, -0.2) is 4.79 Å². The molecule has 180 valence electrons. The lowest BCUT2D eigenvalue weighted by Gasteiger charge is -2.24. The number of hydrogen-bond acceptors (Lipinski definition) is 1. The molecule has 0 bridgehead atoms. The van der Waals surface area contributed by atoms with Crippen molar-refractivity contribution in [2.75, 3.05) is 5.32 Å². The Morgan fingerprint density at radius 1 is 0.857 bits per heavy atom. The van der Waals surface area contributed by atoms with Crippen LogP contribution in [0, 0.1) is 6.92 Å². The zero-order valence-electron chi connectivity index (χ0n) is 19.3. The summed E-state index contributed by atoms with van der Waals surface area (Å²) in [6, 6.07) is 25.7. The Morgan fingerprint density at radius 3 is 2.23 bits per heavy atom. The first-order valence-corrected chi connectivity index (χ1v) is 11.3. The van der Waals surface area contributed by atoms with Crippen molar-refractivity contribution in [3.05, 3.63) is 125 Å². The zero-order valence-corrected chi connectivity index (χ0v) is 19.3. The van der Waals surface area contributed by atoms with E-state index in [1.807, 2.05) is 60.8 Å². The molecule has 7 heteroatoms. The minimum absolute atomic E-state index is 0.302. The van der Waals surface area contributed by atoms with Crippen LogP contribution >= 0.6 is 0 Å². The van der Waals surface area contributed by atoms with Gasteiger partial charge in [-0.3, -0.25) is 0 Å². The van der Waals surface area contributed by atoms with Crippen LogP contribution in [0.15, 0.2) is 97.2 Å². The number of carbonyl (C=O) groups is 1. The van der Waals surface area contributed by atoms with Gasteiger partial charge in [0.1, 0.15) is 0 Å². The molecule has 0 atom stereocenters. The first-order valence-electron chi connectivity index (χ1n) is 11.3. The van der Waals surface area contributed by atoms with E-state index < -0.39 is 17.8 Å². The first kappa shape index (κ1) is 24.1. The van der Waals surface area contributed by atoms with E-state index in [1.54, 1.807) is 4.90 Å². The summed E-state index contributed by atoms with van der Waals surface area (Å²) in [7, 11) is 0. The predicted octanol–water partition coefficient (Wildman–Crippen LogP) is 7.10. The average Bonchev–Trinajstić information content (AvgIpc) is 3.27. The molecule has 1 heterocycles. The summed E-state index contributed by atoms with van der Waals surface area (Å²) in [4.78, 5) is 14.9. The molecule has 4 nitrogen and oxygen atoms in total. The molecule has 0 radical (unpaired) electrons. The van der Waals surface area contributed by atoms with Crippen LogP contribution in [0.3, 0.4) is 0 Å². The Morgan fingerprint density at radius 2 is 1.54 bits per heavy atom. The molecule has 4 aromatic rings. The summed E-state index contributed by atoms with van der Waals surface area (Å²) in [5.74, 6) is 0. The Hall–Kier alpha value is -4.00. The third kappa shape index (κ3) is 6.32. The molecule has 35 heavy (non-hydrogen) atoms. The fourth-order valence-corrected chi connectivity index (χ4v) is 3.86. The van der Waals surface area contributed by atoms with Crippen molar-refractivity contribution >= 4 is 11.7 Å². The monoisotopic (exact) mass is 477 g/mol. The number of benzene rings is 3. The second-order valence-electron chi connectivity index (χ2n) is 8.40. The average molecular weight is 478 g/mol. The van der Waals surface area contributed by atoms with Crippen LogP contribution in [-0.4, -0.2) is 15.5 Å². The zero-order chi connectivity index (χ0) is 24.8. The number of aryl methyl sites for hydroxylation is 1. The maximum absolute atomic E-state index is 13.2. The van der Waals surface area contributed by atoms with E-state index in [0.29, 0.717) is 25.3 Å². The van der Waals surface area contributed by atoms with Crippen molar-refractivity contribution in [1.82, 2.24) is 9.47 Å². The van der Waals surface area contributed by atoms with Gasteiger partial charge in [0, 0.05) is 30.7 Å². The van der Waals surface area contributed by atoms with Crippen molar-refractivity contribution < 1.29 is 18.0 Å². The van der Waals surface area contributed by atoms with Crippen LogP contribution in [0.2, 0.25) is 0 Å². The van der Waals surface area contributed by atoms with Crippen LogP contribution in [0.1, 0.15) is 27.9 Å². The van der Waals surface area contributed by atoms with Crippen LogP contribution < -0.4 is 5.32 Å². The van der Waals surface area contributed by atoms with Gasteiger partial charge in [0.2, 0.25) is 0 Å². The summed E-state index contributed by atoms with van der Waals surface area (Å²) >= 11 is 0. The standard InChI is InChI=1S/C28H26F3N3O/c1-21-8-5-6-11-23(21)19-33-17-7-12-26(33)20-34(18-22-9-3-2-4-10-22)27(35)32-25-15-13-24(14-16-25)28(29,30)31/h2-17H,18-20H2,1H3,(H,32,35). The first-order chi connectivity index (χ1) is 16.8. The van der Waals surface area contributed by atoms with Crippen molar-refractivity contribution in [1.29, 1.82) is 0 Å². The molecule has 0 spiro atoms. The van der Waals surface area contributed by atoms with Gasteiger partial charge in [0.05, 0.1) is 12.1 Å². The topological polar surface area (TPSA) is 37.3 Å². The second kappa shape index (κ2) is 10.5. The van der Waals surface area contributed by atoms with Crippen molar-refractivity contribution in [2.45, 2.75) is 32.7 Å². The number of amides is 2. The summed E-state index contributed by atoms with van der Waals surface area (Å²) in [6.07, 6.45) is -2.44. The molecule has 0 saturated heterocycles. The summed E-state index contributed by atoms with van der Waals surface area (Å²) in [5.41, 5.74) is 3.82. The normalized spacial score (nSPS) is 11.3. The van der Waals surface area contributed by atoms with Crippen LogP contribution in [0.4, 0.5) is 23.7 Å². The molecule has 0 saturated carbocycles. The SMILES string of the molecule is Cc1ccccc1Cn1cccc1CN(Cc1ccccc1)C(=O)Nc1ccc(C(F)(F)F)cc1. The molecule has 2 amide bonds. The number of urea groups is 1. The fourth-order valence-electron chi connectivity index (χ4n) is 3.86. The molecule has 4 rings (SSSR count). The molecule has 0 aliphatic carbocycles. The molecule has 1 aromatic heterocycles. The largest absolute Gasteiger partial charge is 0.416 e. The highest BCUT2D eigenvalue weighted by Gasteiger charge is 2.30. The lowest BCUT2D eigenvalue weighted by molar-refractivity contribution is -0.137. The Kier molecular flexibility index (Phi) is 7.25. The van der Waals surface area contributed by atoms with Crippen LogP contribution in [0.25, 0.3) is 0 Å². The van der Waals surface area contributed by atoms with E-state index in [-0.39, 0.29) is 0 Å². The Balaban J connectivity index is 1.54. The predicted molar refractivity (Wildman–Crippen MR) is 131 cm³/mol. The minimum Gasteiger partial charge on any atom is -0.345 e. The number of halogens is 3. The molecule has 0 unspecified atom stereocenters. The van der Waals surface area contributed by atoms with E-state index in [2.05, 4.69) is 28.9 Å². The smallest absolute Gasteiger partial charge is 0.345 e.